The van der Waals surface area contributed by atoms with Crippen molar-refractivity contribution in [3.05, 3.63) is 66.7 Å². The van der Waals surface area contributed by atoms with Crippen LogP contribution in [0.4, 0.5) is 20.2 Å². The first-order valence-electron chi connectivity index (χ1n) is 10.0. The van der Waals surface area contributed by atoms with Gasteiger partial charge in [-0.2, -0.15) is 8.78 Å². The third kappa shape index (κ3) is 6.49. The lowest BCUT2D eigenvalue weighted by Gasteiger charge is -2.18. The molecule has 0 aliphatic heterocycles. The van der Waals surface area contributed by atoms with E-state index in [2.05, 4.69) is 15.4 Å². The first-order chi connectivity index (χ1) is 15.9. The fraction of sp³-hybridized carbons (Fsp3) is 0.208. The molecule has 9 heteroatoms. The first-order valence-corrected chi connectivity index (χ1v) is 10.0. The Bertz CT molecular complexity index is 1080. The van der Waals surface area contributed by atoms with Gasteiger partial charge in [0.1, 0.15) is 23.3 Å². The number of ether oxygens (including phenoxy) is 4. The molecule has 1 amide bonds. The van der Waals surface area contributed by atoms with Crippen LogP contribution in [-0.4, -0.2) is 32.8 Å². The van der Waals surface area contributed by atoms with Crippen LogP contribution >= 0.6 is 0 Å². The summed E-state index contributed by atoms with van der Waals surface area (Å²) in [6, 6.07) is 17.5. The van der Waals surface area contributed by atoms with Crippen LogP contribution in [0, 0.1) is 0 Å². The zero-order valence-corrected chi connectivity index (χ0v) is 18.3. The van der Waals surface area contributed by atoms with Gasteiger partial charge in [0.25, 0.3) is 0 Å². The van der Waals surface area contributed by atoms with Crippen LogP contribution in [0.25, 0.3) is 0 Å². The molecule has 0 aliphatic carbocycles. The quantitative estimate of drug-likeness (QED) is 0.416. The van der Waals surface area contributed by atoms with Gasteiger partial charge in [0.05, 0.1) is 19.9 Å². The van der Waals surface area contributed by atoms with E-state index in [0.29, 0.717) is 28.7 Å². The molecule has 3 rings (SSSR count). The molecule has 3 aromatic carbocycles. The van der Waals surface area contributed by atoms with Crippen molar-refractivity contribution in [2.75, 3.05) is 24.9 Å². The number of alkyl halides is 2. The van der Waals surface area contributed by atoms with E-state index in [0.717, 1.165) is 0 Å². The van der Waals surface area contributed by atoms with Gasteiger partial charge in [-0.05, 0) is 55.5 Å². The predicted octanol–water partition coefficient (Wildman–Crippen LogP) is 5.54. The molecule has 3 aromatic rings. The number of hydrogen-bond donors (Lipinski definition) is 2. The summed E-state index contributed by atoms with van der Waals surface area (Å²) in [6.07, 6.45) is 0. The van der Waals surface area contributed by atoms with Crippen molar-refractivity contribution in [3.8, 4) is 28.7 Å². The van der Waals surface area contributed by atoms with Crippen LogP contribution in [0.2, 0.25) is 0 Å². The molecule has 1 unspecified atom stereocenters. The molecule has 0 radical (unpaired) electrons. The topological polar surface area (TPSA) is 78.1 Å². The number of methoxy groups -OCH3 is 2. The van der Waals surface area contributed by atoms with Crippen molar-refractivity contribution >= 4 is 17.3 Å². The van der Waals surface area contributed by atoms with Crippen molar-refractivity contribution in [2.24, 2.45) is 0 Å². The third-order valence-electron chi connectivity index (χ3n) is 4.59. The zero-order valence-electron chi connectivity index (χ0n) is 18.3. The number of anilines is 2. The average molecular weight is 458 g/mol. The van der Waals surface area contributed by atoms with Gasteiger partial charge in [-0.3, -0.25) is 4.79 Å². The highest BCUT2D eigenvalue weighted by Crippen LogP contribution is 2.35. The van der Waals surface area contributed by atoms with Gasteiger partial charge in [-0.25, -0.2) is 0 Å². The highest BCUT2D eigenvalue weighted by Gasteiger charge is 2.17. The van der Waals surface area contributed by atoms with Crippen molar-refractivity contribution in [2.45, 2.75) is 19.6 Å². The number of benzene rings is 3. The second-order valence-corrected chi connectivity index (χ2v) is 6.87. The van der Waals surface area contributed by atoms with Gasteiger partial charge < -0.3 is 29.6 Å². The minimum Gasteiger partial charge on any atom is -0.497 e. The molecule has 2 N–H and O–H groups in total. The molecule has 0 aromatic heterocycles. The number of carbonyl (C=O) groups is 1. The highest BCUT2D eigenvalue weighted by molar-refractivity contribution is 5.97. The molecule has 0 spiro atoms. The second-order valence-electron chi connectivity index (χ2n) is 6.87. The summed E-state index contributed by atoms with van der Waals surface area (Å²) in [5.74, 6) is 1.67. The van der Waals surface area contributed by atoms with Gasteiger partial charge in [-0.15, -0.1) is 0 Å². The van der Waals surface area contributed by atoms with Crippen molar-refractivity contribution in [1.82, 2.24) is 0 Å². The Kier molecular flexibility index (Phi) is 7.91. The molecule has 0 fully saturated rings. The molecule has 0 bridgehead atoms. The van der Waals surface area contributed by atoms with E-state index in [1.165, 1.54) is 25.3 Å². The van der Waals surface area contributed by atoms with E-state index in [1.54, 1.807) is 62.6 Å². The largest absolute Gasteiger partial charge is 0.497 e. The lowest BCUT2D eigenvalue weighted by Crippen LogP contribution is -2.32. The van der Waals surface area contributed by atoms with E-state index < -0.39 is 18.6 Å². The summed E-state index contributed by atoms with van der Waals surface area (Å²) >= 11 is 0. The van der Waals surface area contributed by atoms with Gasteiger partial charge in [-0.1, -0.05) is 12.1 Å². The number of para-hydroxylation sites is 2. The molecule has 174 valence electrons. The Morgan fingerprint density at radius 2 is 1.55 bits per heavy atom. The van der Waals surface area contributed by atoms with E-state index >= 15 is 0 Å². The lowest BCUT2D eigenvalue weighted by molar-refractivity contribution is -0.116. The molecular weight excluding hydrogens is 434 g/mol. The standard InChI is InChI=1S/C24H24F2N2O5/c1-15(23(29)28-19-6-4-5-7-20(19)33-24(25)26)27-16-8-13-21(31-3)22(14-16)32-18-11-9-17(30-2)10-12-18/h4-15,24,27H,1-3H3,(H,28,29). The van der Waals surface area contributed by atoms with E-state index in [4.69, 9.17) is 14.2 Å². The van der Waals surface area contributed by atoms with Crippen LogP contribution in [-0.2, 0) is 4.79 Å². The van der Waals surface area contributed by atoms with E-state index in [-0.39, 0.29) is 11.4 Å². The summed E-state index contributed by atoms with van der Waals surface area (Å²) in [7, 11) is 3.11. The van der Waals surface area contributed by atoms with E-state index in [1.807, 2.05) is 0 Å². The average Bonchev–Trinajstić information content (AvgIpc) is 2.80. The number of hydrogen-bond acceptors (Lipinski definition) is 6. The molecule has 1 atom stereocenters. The number of amides is 1. The minimum absolute atomic E-state index is 0.118. The number of nitrogens with one attached hydrogen (secondary N) is 2. The van der Waals surface area contributed by atoms with Crippen molar-refractivity contribution in [1.29, 1.82) is 0 Å². The Balaban J connectivity index is 1.71. The summed E-state index contributed by atoms with van der Waals surface area (Å²) in [6.45, 7) is -1.36. The normalized spacial score (nSPS) is 11.5. The molecule has 0 aliphatic rings. The molecule has 7 nitrogen and oxygen atoms in total. The van der Waals surface area contributed by atoms with Crippen LogP contribution in [0.15, 0.2) is 66.7 Å². The van der Waals surface area contributed by atoms with Crippen LogP contribution < -0.4 is 29.6 Å². The third-order valence-corrected chi connectivity index (χ3v) is 4.59. The monoisotopic (exact) mass is 458 g/mol. The molecular formula is C24H24F2N2O5. The molecule has 33 heavy (non-hydrogen) atoms. The van der Waals surface area contributed by atoms with Crippen molar-refractivity contribution < 1.29 is 32.5 Å². The highest BCUT2D eigenvalue weighted by atomic mass is 19.3. The van der Waals surface area contributed by atoms with Crippen LogP contribution in [0.1, 0.15) is 6.92 Å². The van der Waals surface area contributed by atoms with Gasteiger partial charge in [0.2, 0.25) is 5.91 Å². The lowest BCUT2D eigenvalue weighted by atomic mass is 10.2. The minimum atomic E-state index is -3.00. The fourth-order valence-electron chi connectivity index (χ4n) is 2.94. The Labute approximate surface area is 190 Å². The van der Waals surface area contributed by atoms with E-state index in [9.17, 15) is 13.6 Å². The molecule has 0 heterocycles. The number of rotatable bonds is 10. The summed E-state index contributed by atoms with van der Waals surface area (Å²) in [5.41, 5.74) is 0.744. The second kappa shape index (κ2) is 11.0. The maximum absolute atomic E-state index is 12.6. The van der Waals surface area contributed by atoms with Crippen molar-refractivity contribution in [3.63, 3.8) is 0 Å². The maximum atomic E-state index is 12.6. The fourth-order valence-corrected chi connectivity index (χ4v) is 2.94. The summed E-state index contributed by atoms with van der Waals surface area (Å²) < 4.78 is 46.1. The predicted molar refractivity (Wildman–Crippen MR) is 121 cm³/mol. The van der Waals surface area contributed by atoms with Gasteiger partial charge >= 0.3 is 6.61 Å². The SMILES string of the molecule is COc1ccc(Oc2cc(NC(C)C(=O)Nc3ccccc3OC(F)F)ccc2OC)cc1. The van der Waals surface area contributed by atoms with Crippen LogP contribution in [0.3, 0.4) is 0 Å². The number of halogens is 2. The maximum Gasteiger partial charge on any atom is 0.387 e. The zero-order chi connectivity index (χ0) is 23.8. The molecule has 0 saturated heterocycles. The Morgan fingerprint density at radius 3 is 2.21 bits per heavy atom. The molecule has 0 saturated carbocycles. The van der Waals surface area contributed by atoms with Gasteiger partial charge in [0.15, 0.2) is 11.5 Å². The van der Waals surface area contributed by atoms with Crippen LogP contribution in [0.5, 0.6) is 28.7 Å². The summed E-state index contributed by atoms with van der Waals surface area (Å²) in [5, 5.41) is 5.66. The number of carbonyl (C=O) groups excluding carboxylic acids is 1. The summed E-state index contributed by atoms with van der Waals surface area (Å²) in [4.78, 5) is 12.6. The first kappa shape index (κ1) is 23.6. The Morgan fingerprint density at radius 1 is 0.848 bits per heavy atom. The Hall–Kier alpha value is -4.01. The smallest absolute Gasteiger partial charge is 0.387 e. The van der Waals surface area contributed by atoms with Gasteiger partial charge in [0, 0.05) is 11.8 Å².